The van der Waals surface area contributed by atoms with E-state index in [0.29, 0.717) is 42.5 Å². The number of carbonyl (C=O) groups is 1. The summed E-state index contributed by atoms with van der Waals surface area (Å²) in [5, 5.41) is 12.1. The maximum atomic E-state index is 12.7. The lowest BCUT2D eigenvalue weighted by molar-refractivity contribution is -0.117. The van der Waals surface area contributed by atoms with Crippen LogP contribution in [0.25, 0.3) is 0 Å². The number of nitrogens with one attached hydrogen (secondary N) is 1. The van der Waals surface area contributed by atoms with Gasteiger partial charge in [0, 0.05) is 26.2 Å². The van der Waals surface area contributed by atoms with Gasteiger partial charge in [-0.2, -0.15) is 9.57 Å². The van der Waals surface area contributed by atoms with Crippen molar-refractivity contribution in [1.82, 2.24) is 9.21 Å². The molecular formula is C19H19ClN4O3S. The van der Waals surface area contributed by atoms with Gasteiger partial charge in [-0.25, -0.2) is 8.42 Å². The lowest BCUT2D eigenvalue weighted by Crippen LogP contribution is -2.50. The van der Waals surface area contributed by atoms with E-state index in [1.54, 1.807) is 24.3 Å². The van der Waals surface area contributed by atoms with Crippen LogP contribution in [0, 0.1) is 11.3 Å². The Morgan fingerprint density at radius 1 is 1.07 bits per heavy atom. The van der Waals surface area contributed by atoms with Gasteiger partial charge in [0.15, 0.2) is 0 Å². The molecule has 2 aromatic carbocycles. The zero-order chi connectivity index (χ0) is 20.1. The van der Waals surface area contributed by atoms with Crippen molar-refractivity contribution < 1.29 is 13.2 Å². The minimum Gasteiger partial charge on any atom is -0.324 e. The number of piperazine rings is 1. The molecule has 1 aliphatic heterocycles. The first kappa shape index (κ1) is 20.3. The van der Waals surface area contributed by atoms with Crippen molar-refractivity contribution in [2.24, 2.45) is 0 Å². The average Bonchev–Trinajstić information content (AvgIpc) is 2.70. The summed E-state index contributed by atoms with van der Waals surface area (Å²) < 4.78 is 26.8. The minimum atomic E-state index is -3.61. The molecule has 9 heteroatoms. The smallest absolute Gasteiger partial charge is 0.243 e. The molecule has 0 saturated carbocycles. The second-order valence-electron chi connectivity index (χ2n) is 6.34. The Kier molecular flexibility index (Phi) is 6.31. The van der Waals surface area contributed by atoms with Crippen LogP contribution in [0.15, 0.2) is 53.4 Å². The average molecular weight is 419 g/mol. The molecular weight excluding hydrogens is 400 g/mol. The first-order valence-corrected chi connectivity index (χ1v) is 10.5. The predicted molar refractivity (Wildman–Crippen MR) is 106 cm³/mol. The SMILES string of the molecule is N#Cc1ccc(S(=O)(=O)N2CCN(CC(=O)Nc3ccccc3Cl)CC2)cc1. The molecule has 1 heterocycles. The third-order valence-electron chi connectivity index (χ3n) is 4.47. The van der Waals surface area contributed by atoms with E-state index in [1.807, 2.05) is 11.0 Å². The van der Waals surface area contributed by atoms with E-state index in [-0.39, 0.29) is 17.3 Å². The van der Waals surface area contributed by atoms with Crippen molar-refractivity contribution >= 4 is 33.2 Å². The molecule has 0 unspecified atom stereocenters. The highest BCUT2D eigenvalue weighted by molar-refractivity contribution is 7.89. The molecule has 28 heavy (non-hydrogen) atoms. The topological polar surface area (TPSA) is 93.5 Å². The normalized spacial score (nSPS) is 15.7. The molecule has 0 radical (unpaired) electrons. The van der Waals surface area contributed by atoms with Crippen molar-refractivity contribution in [2.75, 3.05) is 38.0 Å². The van der Waals surface area contributed by atoms with Crippen LogP contribution in [0.1, 0.15) is 5.56 Å². The van der Waals surface area contributed by atoms with E-state index in [4.69, 9.17) is 16.9 Å². The second-order valence-corrected chi connectivity index (χ2v) is 8.69. The Morgan fingerprint density at radius 2 is 1.71 bits per heavy atom. The van der Waals surface area contributed by atoms with Crippen LogP contribution in [-0.4, -0.2) is 56.3 Å². The van der Waals surface area contributed by atoms with Gasteiger partial charge in [-0.1, -0.05) is 23.7 Å². The Hall–Kier alpha value is -2.44. The van der Waals surface area contributed by atoms with Crippen LogP contribution in [0.5, 0.6) is 0 Å². The highest BCUT2D eigenvalue weighted by Crippen LogP contribution is 2.21. The van der Waals surface area contributed by atoms with E-state index in [2.05, 4.69) is 5.32 Å². The number of rotatable bonds is 5. The fourth-order valence-electron chi connectivity index (χ4n) is 2.93. The summed E-state index contributed by atoms with van der Waals surface area (Å²) in [6, 6.07) is 14.8. The molecule has 1 amide bonds. The summed E-state index contributed by atoms with van der Waals surface area (Å²) >= 11 is 6.04. The molecule has 1 N–H and O–H groups in total. The van der Waals surface area contributed by atoms with Crippen LogP contribution in [-0.2, 0) is 14.8 Å². The zero-order valence-electron chi connectivity index (χ0n) is 15.0. The summed E-state index contributed by atoms with van der Waals surface area (Å²) in [5.41, 5.74) is 0.962. The fraction of sp³-hybridized carbons (Fsp3) is 0.263. The lowest BCUT2D eigenvalue weighted by Gasteiger charge is -2.33. The molecule has 2 aromatic rings. The number of amides is 1. The standard InChI is InChI=1S/C19H19ClN4O3S/c20-17-3-1-2-4-18(17)22-19(25)14-23-9-11-24(12-10-23)28(26,27)16-7-5-15(13-21)6-8-16/h1-8H,9-12,14H2,(H,22,25). The summed E-state index contributed by atoms with van der Waals surface area (Å²) in [5.74, 6) is -0.198. The largest absolute Gasteiger partial charge is 0.324 e. The fourth-order valence-corrected chi connectivity index (χ4v) is 4.54. The van der Waals surface area contributed by atoms with Crippen molar-refractivity contribution in [3.8, 4) is 6.07 Å². The van der Waals surface area contributed by atoms with Crippen LogP contribution in [0.4, 0.5) is 5.69 Å². The number of nitriles is 1. The molecule has 0 atom stereocenters. The molecule has 0 spiro atoms. The van der Waals surface area contributed by atoms with Gasteiger partial charge in [0.1, 0.15) is 0 Å². The Labute approximate surface area is 169 Å². The second kappa shape index (κ2) is 8.71. The molecule has 0 aromatic heterocycles. The highest BCUT2D eigenvalue weighted by atomic mass is 35.5. The number of para-hydroxylation sites is 1. The molecule has 1 aliphatic rings. The van der Waals surface area contributed by atoms with Gasteiger partial charge in [0.05, 0.1) is 33.8 Å². The Bertz CT molecular complexity index is 995. The van der Waals surface area contributed by atoms with Crippen LogP contribution < -0.4 is 5.32 Å². The van der Waals surface area contributed by atoms with Crippen molar-refractivity contribution in [3.05, 3.63) is 59.1 Å². The van der Waals surface area contributed by atoms with E-state index >= 15 is 0 Å². The number of benzene rings is 2. The number of nitrogens with zero attached hydrogens (tertiary/aromatic N) is 3. The molecule has 3 rings (SSSR count). The Balaban J connectivity index is 1.55. The summed E-state index contributed by atoms with van der Waals surface area (Å²) in [7, 11) is -3.61. The molecule has 146 valence electrons. The number of anilines is 1. The summed E-state index contributed by atoms with van der Waals surface area (Å²) in [4.78, 5) is 14.3. The number of hydrogen-bond acceptors (Lipinski definition) is 5. The molecule has 1 saturated heterocycles. The van der Waals surface area contributed by atoms with Crippen molar-refractivity contribution in [1.29, 1.82) is 5.26 Å². The van der Waals surface area contributed by atoms with Gasteiger partial charge in [-0.3, -0.25) is 9.69 Å². The maximum absolute atomic E-state index is 12.7. The van der Waals surface area contributed by atoms with Crippen LogP contribution in [0.2, 0.25) is 5.02 Å². The van der Waals surface area contributed by atoms with E-state index in [9.17, 15) is 13.2 Å². The van der Waals surface area contributed by atoms with Crippen LogP contribution >= 0.6 is 11.6 Å². The first-order chi connectivity index (χ1) is 13.4. The zero-order valence-corrected chi connectivity index (χ0v) is 16.6. The minimum absolute atomic E-state index is 0.163. The Morgan fingerprint density at radius 3 is 2.32 bits per heavy atom. The van der Waals surface area contributed by atoms with Gasteiger partial charge in [-0.15, -0.1) is 0 Å². The summed E-state index contributed by atoms with van der Waals surface area (Å²) in [6.45, 7) is 1.65. The predicted octanol–water partition coefficient (Wildman–Crippen LogP) is 2.16. The maximum Gasteiger partial charge on any atom is 0.243 e. The molecule has 0 aliphatic carbocycles. The van der Waals surface area contributed by atoms with Crippen molar-refractivity contribution in [2.45, 2.75) is 4.90 Å². The number of sulfonamides is 1. The van der Waals surface area contributed by atoms with E-state index < -0.39 is 10.0 Å². The third-order valence-corrected chi connectivity index (χ3v) is 6.71. The van der Waals surface area contributed by atoms with Gasteiger partial charge in [0.25, 0.3) is 0 Å². The van der Waals surface area contributed by atoms with E-state index in [1.165, 1.54) is 28.6 Å². The lowest BCUT2D eigenvalue weighted by atomic mass is 10.2. The quantitative estimate of drug-likeness (QED) is 0.803. The molecule has 1 fully saturated rings. The van der Waals surface area contributed by atoms with Gasteiger partial charge in [0.2, 0.25) is 15.9 Å². The van der Waals surface area contributed by atoms with Gasteiger partial charge < -0.3 is 5.32 Å². The molecule has 7 nitrogen and oxygen atoms in total. The van der Waals surface area contributed by atoms with Crippen molar-refractivity contribution in [3.63, 3.8) is 0 Å². The number of halogens is 1. The van der Waals surface area contributed by atoms with Crippen LogP contribution in [0.3, 0.4) is 0 Å². The summed E-state index contributed by atoms with van der Waals surface area (Å²) in [6.07, 6.45) is 0. The highest BCUT2D eigenvalue weighted by Gasteiger charge is 2.29. The van der Waals surface area contributed by atoms with Gasteiger partial charge in [-0.05, 0) is 36.4 Å². The monoisotopic (exact) mass is 418 g/mol. The van der Waals surface area contributed by atoms with Gasteiger partial charge >= 0.3 is 0 Å². The first-order valence-electron chi connectivity index (χ1n) is 8.67. The molecule has 0 bridgehead atoms. The number of carbonyl (C=O) groups excluding carboxylic acids is 1. The third kappa shape index (κ3) is 4.69. The number of hydrogen-bond donors (Lipinski definition) is 1. The van der Waals surface area contributed by atoms with E-state index in [0.717, 1.165) is 0 Å².